The molecule has 0 radical (unpaired) electrons. The second kappa shape index (κ2) is 9.07. The number of halogens is 1. The van der Waals surface area contributed by atoms with E-state index in [1.165, 1.54) is 23.8 Å². The molecule has 160 valence electrons. The highest BCUT2D eigenvalue weighted by atomic mass is 19.1. The number of nitrogens with one attached hydrogen (secondary N) is 1. The van der Waals surface area contributed by atoms with Crippen molar-refractivity contribution in [2.75, 3.05) is 13.1 Å². The van der Waals surface area contributed by atoms with Gasteiger partial charge in [0.1, 0.15) is 5.82 Å². The molecule has 0 bridgehead atoms. The summed E-state index contributed by atoms with van der Waals surface area (Å²) in [5, 5.41) is 11.0. The van der Waals surface area contributed by atoms with Crippen LogP contribution in [0.3, 0.4) is 0 Å². The maximum atomic E-state index is 13.3. The Bertz CT molecular complexity index is 1070. The summed E-state index contributed by atoms with van der Waals surface area (Å²) in [5.41, 5.74) is 2.67. The first-order valence-corrected chi connectivity index (χ1v) is 10.4. The number of amides is 2. The monoisotopic (exact) mass is 421 g/mol. The minimum atomic E-state index is -0.442. The fourth-order valence-electron chi connectivity index (χ4n) is 3.66. The molecule has 2 amide bonds. The number of piperidine rings is 1. The van der Waals surface area contributed by atoms with E-state index < -0.39 is 5.82 Å². The number of carbonyl (C=O) groups excluding carboxylic acids is 2. The Morgan fingerprint density at radius 3 is 2.55 bits per heavy atom. The number of hydrogen-bond acceptors (Lipinski definition) is 4. The van der Waals surface area contributed by atoms with Crippen LogP contribution in [0.25, 0.3) is 5.69 Å². The lowest BCUT2D eigenvalue weighted by Crippen LogP contribution is -2.46. The van der Waals surface area contributed by atoms with E-state index in [1.807, 2.05) is 24.3 Å². The largest absolute Gasteiger partial charge is 0.349 e. The number of carbonyl (C=O) groups is 2. The quantitative estimate of drug-likeness (QED) is 0.687. The van der Waals surface area contributed by atoms with Gasteiger partial charge in [-0.15, -0.1) is 5.10 Å². The third-order valence-electron chi connectivity index (χ3n) is 5.53. The molecule has 1 aliphatic rings. The Kier molecular flexibility index (Phi) is 6.06. The standard InChI is InChI=1S/C23H24FN5O2/c1-2-16-6-8-20(9-7-16)29-15-21(26-27-29)23(31)28-12-10-19(11-13-28)25-22(30)17-4-3-5-18(24)14-17/h3-9,14-15,19H,2,10-13H2,1H3,(H,25,30). The molecule has 2 heterocycles. The van der Waals surface area contributed by atoms with Gasteiger partial charge < -0.3 is 10.2 Å². The minimum absolute atomic E-state index is 0.0624. The smallest absolute Gasteiger partial charge is 0.276 e. The summed E-state index contributed by atoms with van der Waals surface area (Å²) in [6.45, 7) is 3.10. The molecule has 2 aromatic carbocycles. The maximum Gasteiger partial charge on any atom is 0.276 e. The van der Waals surface area contributed by atoms with Gasteiger partial charge >= 0.3 is 0 Å². The number of likely N-dealkylation sites (tertiary alicyclic amines) is 1. The van der Waals surface area contributed by atoms with E-state index in [1.54, 1.807) is 21.8 Å². The molecular formula is C23H24FN5O2. The lowest BCUT2D eigenvalue weighted by atomic mass is 10.0. The van der Waals surface area contributed by atoms with E-state index in [9.17, 15) is 14.0 Å². The summed E-state index contributed by atoms with van der Waals surface area (Å²) < 4.78 is 14.9. The number of nitrogens with zero attached hydrogens (tertiary/aromatic N) is 4. The summed E-state index contributed by atoms with van der Waals surface area (Å²) in [6, 6.07) is 13.5. The van der Waals surface area contributed by atoms with E-state index in [2.05, 4.69) is 22.6 Å². The minimum Gasteiger partial charge on any atom is -0.349 e. The summed E-state index contributed by atoms with van der Waals surface area (Å²) in [5.74, 6) is -0.921. The van der Waals surface area contributed by atoms with Crippen LogP contribution in [-0.4, -0.2) is 50.8 Å². The van der Waals surface area contributed by atoms with E-state index in [0.29, 0.717) is 37.2 Å². The van der Waals surface area contributed by atoms with Gasteiger partial charge in [-0.2, -0.15) is 0 Å². The van der Waals surface area contributed by atoms with Gasteiger partial charge in [0.15, 0.2) is 5.69 Å². The number of aryl methyl sites for hydroxylation is 1. The zero-order chi connectivity index (χ0) is 21.8. The average molecular weight is 421 g/mol. The maximum absolute atomic E-state index is 13.3. The first-order chi connectivity index (χ1) is 15.0. The van der Waals surface area contributed by atoms with E-state index in [4.69, 9.17) is 0 Å². The summed E-state index contributed by atoms with van der Waals surface area (Å²) >= 11 is 0. The highest BCUT2D eigenvalue weighted by Crippen LogP contribution is 2.15. The SMILES string of the molecule is CCc1ccc(-n2cc(C(=O)N3CCC(NC(=O)c4cccc(F)c4)CC3)nn2)cc1. The van der Waals surface area contributed by atoms with Crippen LogP contribution in [0.15, 0.2) is 54.7 Å². The average Bonchev–Trinajstić information content (AvgIpc) is 3.29. The predicted octanol–water partition coefficient (Wildman–Crippen LogP) is 3.00. The van der Waals surface area contributed by atoms with Gasteiger partial charge in [0.05, 0.1) is 11.9 Å². The molecule has 7 nitrogen and oxygen atoms in total. The van der Waals surface area contributed by atoms with Crippen molar-refractivity contribution < 1.29 is 14.0 Å². The molecule has 1 N–H and O–H groups in total. The molecule has 0 saturated carbocycles. The molecule has 4 rings (SSSR count). The Morgan fingerprint density at radius 2 is 1.87 bits per heavy atom. The lowest BCUT2D eigenvalue weighted by Gasteiger charge is -2.31. The molecule has 1 saturated heterocycles. The third kappa shape index (κ3) is 4.79. The van der Waals surface area contributed by atoms with Gasteiger partial charge in [-0.3, -0.25) is 9.59 Å². The number of hydrogen-bond donors (Lipinski definition) is 1. The molecule has 0 unspecified atom stereocenters. The van der Waals surface area contributed by atoms with Crippen LogP contribution in [0.2, 0.25) is 0 Å². The molecule has 3 aromatic rings. The normalized spacial score (nSPS) is 14.5. The van der Waals surface area contributed by atoms with Crippen LogP contribution < -0.4 is 5.32 Å². The summed E-state index contributed by atoms with van der Waals surface area (Å²) in [6.07, 6.45) is 3.85. The first kappa shape index (κ1) is 20.7. The molecule has 8 heteroatoms. The second-order valence-corrected chi connectivity index (χ2v) is 7.62. The number of rotatable bonds is 5. The van der Waals surface area contributed by atoms with E-state index in [-0.39, 0.29) is 17.9 Å². The molecule has 0 spiro atoms. The van der Waals surface area contributed by atoms with Crippen LogP contribution in [0.5, 0.6) is 0 Å². The van der Waals surface area contributed by atoms with E-state index >= 15 is 0 Å². The Morgan fingerprint density at radius 1 is 1.13 bits per heavy atom. The number of aromatic nitrogens is 3. The molecule has 0 aliphatic carbocycles. The first-order valence-electron chi connectivity index (χ1n) is 10.4. The molecular weight excluding hydrogens is 397 g/mol. The summed E-state index contributed by atoms with van der Waals surface area (Å²) in [4.78, 5) is 26.8. The zero-order valence-electron chi connectivity index (χ0n) is 17.3. The van der Waals surface area contributed by atoms with Crippen molar-refractivity contribution in [3.63, 3.8) is 0 Å². The highest BCUT2D eigenvalue weighted by Gasteiger charge is 2.26. The van der Waals surface area contributed by atoms with Gasteiger partial charge in [-0.05, 0) is 55.2 Å². The van der Waals surface area contributed by atoms with Gasteiger partial charge in [-0.1, -0.05) is 30.3 Å². The van der Waals surface area contributed by atoms with Crippen LogP contribution in [0.4, 0.5) is 4.39 Å². The van der Waals surface area contributed by atoms with Gasteiger partial charge in [0, 0.05) is 24.7 Å². The van der Waals surface area contributed by atoms with Crippen molar-refractivity contribution in [2.45, 2.75) is 32.2 Å². The number of benzene rings is 2. The molecule has 1 aliphatic heterocycles. The highest BCUT2D eigenvalue weighted by molar-refractivity contribution is 5.94. The molecule has 0 atom stereocenters. The van der Waals surface area contributed by atoms with Crippen LogP contribution in [0.1, 0.15) is 46.2 Å². The van der Waals surface area contributed by atoms with Crippen LogP contribution >= 0.6 is 0 Å². The lowest BCUT2D eigenvalue weighted by molar-refractivity contribution is 0.0692. The van der Waals surface area contributed by atoms with Crippen molar-refractivity contribution in [1.29, 1.82) is 0 Å². The molecule has 1 aromatic heterocycles. The van der Waals surface area contributed by atoms with E-state index in [0.717, 1.165) is 12.1 Å². The third-order valence-corrected chi connectivity index (χ3v) is 5.53. The summed E-state index contributed by atoms with van der Waals surface area (Å²) in [7, 11) is 0. The molecule has 31 heavy (non-hydrogen) atoms. The van der Waals surface area contributed by atoms with Gasteiger partial charge in [0.2, 0.25) is 0 Å². The zero-order valence-corrected chi connectivity index (χ0v) is 17.3. The van der Waals surface area contributed by atoms with Crippen LogP contribution in [-0.2, 0) is 6.42 Å². The Hall–Kier alpha value is -3.55. The van der Waals surface area contributed by atoms with Crippen molar-refractivity contribution >= 4 is 11.8 Å². The van der Waals surface area contributed by atoms with Gasteiger partial charge in [-0.25, -0.2) is 9.07 Å². The second-order valence-electron chi connectivity index (χ2n) is 7.62. The topological polar surface area (TPSA) is 80.1 Å². The Balaban J connectivity index is 1.33. The van der Waals surface area contributed by atoms with Crippen molar-refractivity contribution in [2.24, 2.45) is 0 Å². The fourth-order valence-corrected chi connectivity index (χ4v) is 3.66. The van der Waals surface area contributed by atoms with Crippen molar-refractivity contribution in [3.8, 4) is 5.69 Å². The fraction of sp³-hybridized carbons (Fsp3) is 0.304. The van der Waals surface area contributed by atoms with Crippen molar-refractivity contribution in [1.82, 2.24) is 25.2 Å². The molecule has 1 fully saturated rings. The predicted molar refractivity (Wildman–Crippen MR) is 114 cm³/mol. The van der Waals surface area contributed by atoms with Crippen LogP contribution in [0, 0.1) is 5.82 Å². The Labute approximate surface area is 179 Å². The van der Waals surface area contributed by atoms with Gasteiger partial charge in [0.25, 0.3) is 11.8 Å². The van der Waals surface area contributed by atoms with Crippen molar-refractivity contribution in [3.05, 3.63) is 77.4 Å².